The highest BCUT2D eigenvalue weighted by molar-refractivity contribution is 6.10. The molecule has 0 atom stereocenters. The predicted molar refractivity (Wildman–Crippen MR) is 240 cm³/mol. The highest BCUT2D eigenvalue weighted by Crippen LogP contribution is 2.40. The third kappa shape index (κ3) is 5.09. The first-order chi connectivity index (χ1) is 28.7. The molecular formula is C54H33N3O. The summed E-state index contributed by atoms with van der Waals surface area (Å²) < 4.78 is 8.90. The molecule has 4 heteroatoms. The van der Waals surface area contributed by atoms with E-state index in [1.54, 1.807) is 0 Å². The van der Waals surface area contributed by atoms with Gasteiger partial charge in [0.15, 0.2) is 11.4 Å². The van der Waals surface area contributed by atoms with Gasteiger partial charge in [-0.1, -0.05) is 158 Å². The largest absolute Gasteiger partial charge is 0.452 e. The van der Waals surface area contributed by atoms with Crippen LogP contribution in [-0.2, 0) is 0 Å². The summed E-state index contributed by atoms with van der Waals surface area (Å²) in [6.45, 7) is 0. The molecule has 0 bridgehead atoms. The maximum Gasteiger partial charge on any atom is 0.180 e. The van der Waals surface area contributed by atoms with Gasteiger partial charge < -0.3 is 8.98 Å². The van der Waals surface area contributed by atoms with Crippen molar-refractivity contribution in [1.29, 1.82) is 0 Å². The van der Waals surface area contributed by atoms with Gasteiger partial charge in [-0.15, -0.1) is 0 Å². The van der Waals surface area contributed by atoms with E-state index in [4.69, 9.17) is 14.4 Å². The lowest BCUT2D eigenvalue weighted by Crippen LogP contribution is -1.95. The van der Waals surface area contributed by atoms with Crippen LogP contribution < -0.4 is 0 Å². The van der Waals surface area contributed by atoms with E-state index in [9.17, 15) is 0 Å². The fourth-order valence-corrected chi connectivity index (χ4v) is 8.88. The fraction of sp³-hybridized carbons (Fsp3) is 0. The van der Waals surface area contributed by atoms with E-state index in [-0.39, 0.29) is 0 Å². The van der Waals surface area contributed by atoms with E-state index in [1.165, 1.54) is 49.3 Å². The molecule has 0 spiro atoms. The first kappa shape index (κ1) is 32.4. The van der Waals surface area contributed by atoms with Gasteiger partial charge in [-0.3, -0.25) is 0 Å². The second kappa shape index (κ2) is 12.9. The topological polar surface area (TPSA) is 43.9 Å². The average Bonchev–Trinajstić information content (AvgIpc) is 3.84. The maximum absolute atomic E-state index is 6.54. The van der Waals surface area contributed by atoms with Gasteiger partial charge in [0.25, 0.3) is 0 Å². The van der Waals surface area contributed by atoms with E-state index in [0.717, 1.165) is 55.3 Å². The SMILES string of the molecule is c1ccc(-c2cccc3cccc(-c4ccc(-c5nc(-c6ccc7ccc(-n8c9ccccc9c9ccccc98)cc7c6)nc6c5oc5ccccc56)cc4)c23)cc1. The van der Waals surface area contributed by atoms with Crippen LogP contribution in [0.4, 0.5) is 0 Å². The van der Waals surface area contributed by atoms with Crippen molar-refractivity contribution < 1.29 is 4.42 Å². The van der Waals surface area contributed by atoms with Gasteiger partial charge in [0.05, 0.1) is 11.0 Å². The summed E-state index contributed by atoms with van der Waals surface area (Å²) in [5.74, 6) is 0.656. The van der Waals surface area contributed by atoms with Crippen molar-refractivity contribution in [2.24, 2.45) is 0 Å². The molecule has 3 aromatic heterocycles. The van der Waals surface area contributed by atoms with Crippen molar-refractivity contribution in [3.63, 3.8) is 0 Å². The Morgan fingerprint density at radius 1 is 0.397 bits per heavy atom. The van der Waals surface area contributed by atoms with Crippen LogP contribution in [0.15, 0.2) is 205 Å². The van der Waals surface area contributed by atoms with Crippen LogP contribution >= 0.6 is 0 Å². The summed E-state index contributed by atoms with van der Waals surface area (Å²) >= 11 is 0. The summed E-state index contributed by atoms with van der Waals surface area (Å²) in [6, 6.07) is 71.0. The van der Waals surface area contributed by atoms with E-state index in [0.29, 0.717) is 11.4 Å². The molecule has 0 aliphatic heterocycles. The number of fused-ring (bicyclic) bond motifs is 8. The summed E-state index contributed by atoms with van der Waals surface area (Å²) in [7, 11) is 0. The number of benzene rings is 9. The normalized spacial score (nSPS) is 11.8. The zero-order valence-corrected chi connectivity index (χ0v) is 31.3. The number of para-hydroxylation sites is 3. The van der Waals surface area contributed by atoms with E-state index in [1.807, 2.05) is 18.2 Å². The molecule has 0 N–H and O–H groups in total. The molecule has 12 rings (SSSR count). The van der Waals surface area contributed by atoms with Crippen LogP contribution in [-0.4, -0.2) is 14.5 Å². The zero-order chi connectivity index (χ0) is 38.2. The Bertz CT molecular complexity index is 3500. The molecule has 0 saturated heterocycles. The minimum Gasteiger partial charge on any atom is -0.452 e. The van der Waals surface area contributed by atoms with Crippen molar-refractivity contribution >= 4 is 65.4 Å². The van der Waals surface area contributed by atoms with Crippen LogP contribution in [0.3, 0.4) is 0 Å². The van der Waals surface area contributed by atoms with Gasteiger partial charge in [0.1, 0.15) is 16.8 Å². The van der Waals surface area contributed by atoms with Gasteiger partial charge in [0, 0.05) is 33.0 Å². The molecule has 0 amide bonds. The smallest absolute Gasteiger partial charge is 0.180 e. The first-order valence-electron chi connectivity index (χ1n) is 19.7. The predicted octanol–water partition coefficient (Wildman–Crippen LogP) is 14.4. The van der Waals surface area contributed by atoms with Crippen LogP contribution in [0.5, 0.6) is 0 Å². The van der Waals surface area contributed by atoms with Gasteiger partial charge in [0.2, 0.25) is 0 Å². The molecule has 270 valence electrons. The number of furan rings is 1. The molecule has 9 aromatic carbocycles. The lowest BCUT2D eigenvalue weighted by Gasteiger charge is -2.13. The van der Waals surface area contributed by atoms with Gasteiger partial charge in [-0.25, -0.2) is 9.97 Å². The molecule has 0 radical (unpaired) electrons. The third-order valence-corrected chi connectivity index (χ3v) is 11.6. The standard InChI is InChI=1S/C54H33N3O/c1-2-12-35(13-3-1)42-19-10-14-37-15-11-20-43(50(37)42)36-25-27-38(28-26-36)51-53-52(46-18-6-9-23-49(46)58-53)56-54(55-51)39-29-24-34-30-31-41(33-40(34)32-39)57-47-21-7-4-16-44(47)45-17-5-8-22-48(45)57/h1-33H. The highest BCUT2D eigenvalue weighted by atomic mass is 16.3. The summed E-state index contributed by atoms with van der Waals surface area (Å²) in [5, 5.41) is 8.19. The van der Waals surface area contributed by atoms with Gasteiger partial charge >= 0.3 is 0 Å². The molecular weight excluding hydrogens is 707 g/mol. The molecule has 12 aromatic rings. The molecule has 4 nitrogen and oxygen atoms in total. The summed E-state index contributed by atoms with van der Waals surface area (Å²) in [5.41, 5.74) is 13.2. The van der Waals surface area contributed by atoms with Crippen molar-refractivity contribution in [3.05, 3.63) is 200 Å². The minimum atomic E-state index is 0.656. The molecule has 0 unspecified atom stereocenters. The molecule has 0 aliphatic carbocycles. The van der Waals surface area contributed by atoms with E-state index in [2.05, 4.69) is 187 Å². The van der Waals surface area contributed by atoms with Crippen molar-refractivity contribution in [2.45, 2.75) is 0 Å². The Hall–Kier alpha value is -7.82. The number of aromatic nitrogens is 3. The fourth-order valence-electron chi connectivity index (χ4n) is 8.88. The number of rotatable bonds is 5. The number of hydrogen-bond donors (Lipinski definition) is 0. The lowest BCUT2D eigenvalue weighted by molar-refractivity contribution is 0.667. The Morgan fingerprint density at radius 2 is 1.00 bits per heavy atom. The molecule has 0 fully saturated rings. The molecule has 0 saturated carbocycles. The maximum atomic E-state index is 6.54. The number of nitrogens with zero attached hydrogens (tertiary/aromatic N) is 3. The summed E-state index contributed by atoms with van der Waals surface area (Å²) in [6.07, 6.45) is 0. The zero-order valence-electron chi connectivity index (χ0n) is 31.3. The van der Waals surface area contributed by atoms with Crippen LogP contribution in [0.1, 0.15) is 0 Å². The molecule has 3 heterocycles. The molecule has 0 aliphatic rings. The van der Waals surface area contributed by atoms with E-state index < -0.39 is 0 Å². The van der Waals surface area contributed by atoms with E-state index >= 15 is 0 Å². The second-order valence-corrected chi connectivity index (χ2v) is 14.9. The Labute approximate surface area is 333 Å². The van der Waals surface area contributed by atoms with Gasteiger partial charge in [-0.05, 0) is 86.3 Å². The van der Waals surface area contributed by atoms with Gasteiger partial charge in [-0.2, -0.15) is 0 Å². The monoisotopic (exact) mass is 739 g/mol. The molecule has 58 heavy (non-hydrogen) atoms. The number of hydrogen-bond acceptors (Lipinski definition) is 3. The minimum absolute atomic E-state index is 0.656. The average molecular weight is 740 g/mol. The Balaban J connectivity index is 1.00. The van der Waals surface area contributed by atoms with Crippen molar-refractivity contribution in [1.82, 2.24) is 14.5 Å². The third-order valence-electron chi connectivity index (χ3n) is 11.6. The quantitative estimate of drug-likeness (QED) is 0.177. The first-order valence-corrected chi connectivity index (χ1v) is 19.7. The van der Waals surface area contributed by atoms with Crippen LogP contribution in [0.25, 0.3) is 116 Å². The van der Waals surface area contributed by atoms with Crippen molar-refractivity contribution in [2.75, 3.05) is 0 Å². The Morgan fingerprint density at radius 3 is 1.74 bits per heavy atom. The highest BCUT2D eigenvalue weighted by Gasteiger charge is 2.19. The lowest BCUT2D eigenvalue weighted by atomic mass is 9.91. The summed E-state index contributed by atoms with van der Waals surface area (Å²) in [4.78, 5) is 10.5. The van der Waals surface area contributed by atoms with Crippen LogP contribution in [0, 0.1) is 0 Å². The Kier molecular flexibility index (Phi) is 7.20. The van der Waals surface area contributed by atoms with Crippen molar-refractivity contribution in [3.8, 4) is 50.6 Å². The van der Waals surface area contributed by atoms with Crippen LogP contribution in [0.2, 0.25) is 0 Å². The second-order valence-electron chi connectivity index (χ2n) is 14.9.